The van der Waals surface area contributed by atoms with E-state index in [1.807, 2.05) is 24.3 Å². The minimum atomic E-state index is -0.0382. The summed E-state index contributed by atoms with van der Waals surface area (Å²) in [7, 11) is 6.82. The monoisotopic (exact) mass is 225 g/mol. The van der Waals surface area contributed by atoms with Crippen LogP contribution in [0.1, 0.15) is 5.56 Å². The molecule has 0 atom stereocenters. The minimum absolute atomic E-state index is 0.0382. The number of halogens is 1. The first kappa shape index (κ1) is 9.62. The van der Waals surface area contributed by atoms with Crippen LogP contribution in [0, 0.1) is 6.92 Å². The Morgan fingerprint density at radius 3 is 2.86 bits per heavy atom. The molecular weight excluding hydrogens is 218 g/mol. The van der Waals surface area contributed by atoms with Gasteiger partial charge in [0.25, 0.3) is 5.56 Å². The third-order valence-electron chi connectivity index (χ3n) is 2.09. The number of aromatic amines is 1. The number of benzene rings is 1. The lowest BCUT2D eigenvalue weighted by Crippen LogP contribution is -2.08. The average Bonchev–Trinajstić information content (AvgIpc) is 2.19. The molecule has 1 aromatic heterocycles. The molecule has 0 amide bonds. The molecule has 0 aliphatic carbocycles. The van der Waals surface area contributed by atoms with Gasteiger partial charge < -0.3 is 4.98 Å². The van der Waals surface area contributed by atoms with E-state index < -0.39 is 0 Å². The lowest BCUT2D eigenvalue weighted by Gasteiger charge is -2.00. The Morgan fingerprint density at radius 2 is 2.14 bits per heavy atom. The summed E-state index contributed by atoms with van der Waals surface area (Å²) < 4.78 is 0. The zero-order valence-electron chi connectivity index (χ0n) is 7.50. The van der Waals surface area contributed by atoms with Crippen LogP contribution in [0.4, 0.5) is 0 Å². The van der Waals surface area contributed by atoms with Crippen molar-refractivity contribution in [1.29, 1.82) is 0 Å². The molecule has 1 heterocycles. The summed E-state index contributed by atoms with van der Waals surface area (Å²) in [6.07, 6.45) is 0. The lowest BCUT2D eigenvalue weighted by molar-refractivity contribution is 1.23. The van der Waals surface area contributed by atoms with Gasteiger partial charge in [0, 0.05) is 16.0 Å². The number of fused-ring (bicyclic) bond motifs is 1. The average molecular weight is 226 g/mol. The summed E-state index contributed by atoms with van der Waals surface area (Å²) in [6, 6.07) is 7.56. The second-order valence-electron chi connectivity index (χ2n) is 3.11. The topological polar surface area (TPSA) is 32.9 Å². The van der Waals surface area contributed by atoms with Crippen molar-refractivity contribution in [3.8, 4) is 0 Å². The van der Waals surface area contributed by atoms with Crippen molar-refractivity contribution in [2.24, 2.45) is 0 Å². The van der Waals surface area contributed by atoms with Gasteiger partial charge in [0.05, 0.1) is 0 Å². The summed E-state index contributed by atoms with van der Waals surface area (Å²) in [5.41, 5.74) is 1.52. The first-order chi connectivity index (χ1) is 6.70. The van der Waals surface area contributed by atoms with Crippen LogP contribution in [0.5, 0.6) is 0 Å². The van der Waals surface area contributed by atoms with E-state index in [1.54, 1.807) is 6.92 Å². The Morgan fingerprint density at radius 1 is 1.36 bits per heavy atom. The van der Waals surface area contributed by atoms with Crippen molar-refractivity contribution in [1.82, 2.24) is 4.98 Å². The van der Waals surface area contributed by atoms with Crippen LogP contribution < -0.4 is 5.56 Å². The molecule has 0 saturated carbocycles. The Hall–Kier alpha value is -0.930. The van der Waals surface area contributed by atoms with Crippen molar-refractivity contribution >= 4 is 32.6 Å². The van der Waals surface area contributed by atoms with Crippen LogP contribution in [0.3, 0.4) is 0 Å². The minimum Gasteiger partial charge on any atom is -0.322 e. The quantitative estimate of drug-likeness (QED) is 0.809. The van der Waals surface area contributed by atoms with Gasteiger partial charge in [0.2, 0.25) is 0 Å². The number of hydrogen-bond acceptors (Lipinski definition) is 2. The highest BCUT2D eigenvalue weighted by molar-refractivity contribution is 8.21. The molecule has 0 aliphatic heterocycles. The summed E-state index contributed by atoms with van der Waals surface area (Å²) in [4.78, 5) is 15.1. The van der Waals surface area contributed by atoms with Gasteiger partial charge in [-0.15, -0.1) is 0 Å². The van der Waals surface area contributed by atoms with Crippen LogP contribution in [0.25, 0.3) is 10.9 Å². The fraction of sp³-hybridized carbons (Fsp3) is 0.100. The molecule has 2 aromatic rings. The molecular formula is C10H8ClNOS. The highest BCUT2D eigenvalue weighted by atomic mass is 35.7. The first-order valence-electron chi connectivity index (χ1n) is 4.13. The van der Waals surface area contributed by atoms with Gasteiger partial charge >= 0.3 is 0 Å². The van der Waals surface area contributed by atoms with Crippen molar-refractivity contribution in [2.45, 2.75) is 11.8 Å². The number of aromatic nitrogens is 1. The molecule has 2 nitrogen and oxygen atoms in total. The Labute approximate surface area is 89.8 Å². The maximum atomic E-state index is 11.3. The second kappa shape index (κ2) is 3.67. The van der Waals surface area contributed by atoms with E-state index in [4.69, 9.17) is 10.7 Å². The predicted molar refractivity (Wildman–Crippen MR) is 61.0 cm³/mol. The number of H-pyrrole nitrogens is 1. The molecule has 14 heavy (non-hydrogen) atoms. The van der Waals surface area contributed by atoms with Gasteiger partial charge in [-0.1, -0.05) is 0 Å². The molecule has 0 unspecified atom stereocenters. The fourth-order valence-electron chi connectivity index (χ4n) is 1.34. The van der Waals surface area contributed by atoms with Gasteiger partial charge in [0.1, 0.15) is 0 Å². The van der Waals surface area contributed by atoms with Crippen molar-refractivity contribution in [3.63, 3.8) is 0 Å². The van der Waals surface area contributed by atoms with E-state index in [2.05, 4.69) is 4.98 Å². The lowest BCUT2D eigenvalue weighted by atomic mass is 10.2. The summed E-state index contributed by atoms with van der Waals surface area (Å²) >= 11 is 0. The van der Waals surface area contributed by atoms with Gasteiger partial charge in [-0.25, -0.2) is 0 Å². The standard InChI is InChI=1S/C10H8ClNOS/c1-6-4-7-5-8(14-11)2-3-9(7)12-10(6)13/h2-5H,1H3,(H,12,13). The molecule has 0 spiro atoms. The van der Waals surface area contributed by atoms with Gasteiger partial charge in [-0.3, -0.25) is 4.79 Å². The van der Waals surface area contributed by atoms with Crippen LogP contribution in [0.15, 0.2) is 34.0 Å². The molecule has 1 aromatic carbocycles. The Kier molecular flexibility index (Phi) is 2.52. The highest BCUT2D eigenvalue weighted by Crippen LogP contribution is 2.24. The van der Waals surface area contributed by atoms with Gasteiger partial charge in [-0.2, -0.15) is 0 Å². The van der Waals surface area contributed by atoms with E-state index in [-0.39, 0.29) is 5.56 Å². The molecule has 0 fully saturated rings. The van der Waals surface area contributed by atoms with Gasteiger partial charge in [0.15, 0.2) is 0 Å². The highest BCUT2D eigenvalue weighted by Gasteiger charge is 1.99. The van der Waals surface area contributed by atoms with Crippen molar-refractivity contribution in [3.05, 3.63) is 40.2 Å². The van der Waals surface area contributed by atoms with Crippen LogP contribution in [-0.4, -0.2) is 4.98 Å². The fourth-order valence-corrected chi connectivity index (χ4v) is 1.92. The molecule has 4 heteroatoms. The number of pyridine rings is 1. The maximum absolute atomic E-state index is 11.3. The van der Waals surface area contributed by atoms with E-state index >= 15 is 0 Å². The molecule has 0 bridgehead atoms. The summed E-state index contributed by atoms with van der Waals surface area (Å²) in [6.45, 7) is 1.79. The predicted octanol–water partition coefficient (Wildman–Crippen LogP) is 3.08. The largest absolute Gasteiger partial charge is 0.322 e. The van der Waals surface area contributed by atoms with E-state index in [9.17, 15) is 4.79 Å². The number of nitrogens with one attached hydrogen (secondary N) is 1. The smallest absolute Gasteiger partial charge is 0.251 e. The normalized spacial score (nSPS) is 10.7. The maximum Gasteiger partial charge on any atom is 0.251 e. The number of aryl methyl sites for hydroxylation is 1. The number of rotatable bonds is 1. The van der Waals surface area contributed by atoms with Crippen LogP contribution in [-0.2, 0) is 0 Å². The van der Waals surface area contributed by atoms with Crippen LogP contribution >= 0.6 is 21.7 Å². The van der Waals surface area contributed by atoms with Crippen molar-refractivity contribution < 1.29 is 0 Å². The first-order valence-corrected chi connectivity index (χ1v) is 5.77. The van der Waals surface area contributed by atoms with E-state index in [0.717, 1.165) is 15.8 Å². The molecule has 0 radical (unpaired) electrons. The zero-order valence-corrected chi connectivity index (χ0v) is 9.08. The molecule has 2 rings (SSSR count). The van der Waals surface area contributed by atoms with Crippen LogP contribution in [0.2, 0.25) is 0 Å². The zero-order chi connectivity index (χ0) is 10.1. The molecule has 0 aliphatic rings. The Bertz CT molecular complexity index is 535. The SMILES string of the molecule is Cc1cc2cc(SCl)ccc2[nH]c1=O. The molecule has 0 saturated heterocycles. The summed E-state index contributed by atoms with van der Waals surface area (Å²) in [5.74, 6) is 0. The summed E-state index contributed by atoms with van der Waals surface area (Å²) in [5, 5.41) is 1.01. The molecule has 1 N–H and O–H groups in total. The van der Waals surface area contributed by atoms with Crippen molar-refractivity contribution in [2.75, 3.05) is 0 Å². The third-order valence-corrected chi connectivity index (χ3v) is 3.06. The van der Waals surface area contributed by atoms with Gasteiger partial charge in [-0.05, 0) is 58.2 Å². The van der Waals surface area contributed by atoms with E-state index in [1.165, 1.54) is 11.0 Å². The third kappa shape index (κ3) is 1.65. The number of hydrogen-bond donors (Lipinski definition) is 1. The van der Waals surface area contributed by atoms with E-state index in [0.29, 0.717) is 5.56 Å². The Balaban J connectivity index is 2.77. The second-order valence-corrected chi connectivity index (χ2v) is 4.20. The molecule has 72 valence electrons.